The maximum atomic E-state index is 12.8. The zero-order valence-corrected chi connectivity index (χ0v) is 10.4. The van der Waals surface area contributed by atoms with E-state index in [2.05, 4.69) is 0 Å². The van der Waals surface area contributed by atoms with Crippen LogP contribution in [-0.2, 0) is 6.54 Å². The summed E-state index contributed by atoms with van der Waals surface area (Å²) < 4.78 is 19.1. The second kappa shape index (κ2) is 4.77. The van der Waals surface area contributed by atoms with Crippen molar-refractivity contribution in [1.29, 1.82) is 0 Å². The number of Topliss-reactive ketones (excluding diaryl/α,β-unsaturated/α-hetero) is 1. The number of nitrogens with zero attached hydrogens (tertiary/aromatic N) is 1. The van der Waals surface area contributed by atoms with E-state index in [1.807, 2.05) is 0 Å². The molecule has 0 bridgehead atoms. The van der Waals surface area contributed by atoms with Crippen molar-refractivity contribution in [3.63, 3.8) is 0 Å². The van der Waals surface area contributed by atoms with Gasteiger partial charge in [-0.25, -0.2) is 9.18 Å². The van der Waals surface area contributed by atoms with Crippen molar-refractivity contribution in [3.05, 3.63) is 70.5 Å². The third kappa shape index (κ3) is 2.14. The van der Waals surface area contributed by atoms with Gasteiger partial charge in [-0.1, -0.05) is 12.1 Å². The van der Waals surface area contributed by atoms with E-state index in [1.54, 1.807) is 24.3 Å². The van der Waals surface area contributed by atoms with E-state index in [9.17, 15) is 14.0 Å². The number of fused-ring (bicyclic) bond motifs is 1. The first-order chi connectivity index (χ1) is 9.65. The van der Waals surface area contributed by atoms with Gasteiger partial charge in [0.25, 0.3) is 0 Å². The molecule has 0 aliphatic carbocycles. The molecule has 0 fully saturated rings. The molecule has 100 valence electrons. The Kier molecular flexibility index (Phi) is 2.95. The number of hydrogen-bond donors (Lipinski definition) is 0. The predicted molar refractivity (Wildman–Crippen MR) is 71.2 cm³/mol. The summed E-state index contributed by atoms with van der Waals surface area (Å²) in [6, 6.07) is 12.1. The first kappa shape index (κ1) is 12.3. The first-order valence-electron chi connectivity index (χ1n) is 6.02. The number of para-hydroxylation sites is 2. The smallest absolute Gasteiger partial charge is 0.408 e. The molecule has 0 saturated heterocycles. The van der Waals surface area contributed by atoms with Gasteiger partial charge in [-0.05, 0) is 36.4 Å². The fourth-order valence-corrected chi connectivity index (χ4v) is 2.03. The lowest BCUT2D eigenvalue weighted by Crippen LogP contribution is -2.20. The molecule has 0 unspecified atom stereocenters. The van der Waals surface area contributed by atoms with Gasteiger partial charge < -0.3 is 4.42 Å². The number of aromatic nitrogens is 1. The average molecular weight is 271 g/mol. The lowest BCUT2D eigenvalue weighted by molar-refractivity contribution is 0.0970. The second-order valence-corrected chi connectivity index (χ2v) is 4.35. The van der Waals surface area contributed by atoms with Gasteiger partial charge in [0.1, 0.15) is 5.82 Å². The number of carbonyl (C=O) groups excluding carboxylic acids is 1. The van der Waals surface area contributed by atoms with Gasteiger partial charge in [-0.2, -0.15) is 0 Å². The highest BCUT2D eigenvalue weighted by atomic mass is 19.1. The number of rotatable bonds is 3. The van der Waals surface area contributed by atoms with Crippen molar-refractivity contribution in [3.8, 4) is 0 Å². The zero-order valence-electron chi connectivity index (χ0n) is 10.4. The van der Waals surface area contributed by atoms with E-state index in [-0.39, 0.29) is 12.3 Å². The summed E-state index contributed by atoms with van der Waals surface area (Å²) in [5.41, 5.74) is 1.35. The Balaban J connectivity index is 1.97. The standard InChI is InChI=1S/C15H10FNO3/c16-11-7-5-10(6-8-11)13(18)9-17-12-3-1-2-4-14(12)20-15(17)19/h1-8H,9H2. The van der Waals surface area contributed by atoms with Crippen LogP contribution in [0.3, 0.4) is 0 Å². The molecular formula is C15H10FNO3. The molecule has 0 amide bonds. The first-order valence-corrected chi connectivity index (χ1v) is 6.02. The summed E-state index contributed by atoms with van der Waals surface area (Å²) in [7, 11) is 0. The Hall–Kier alpha value is -2.69. The molecular weight excluding hydrogens is 261 g/mol. The number of carbonyl (C=O) groups is 1. The Labute approximate surface area is 113 Å². The van der Waals surface area contributed by atoms with Gasteiger partial charge in [0.2, 0.25) is 0 Å². The molecule has 0 radical (unpaired) electrons. The Bertz CT molecular complexity index is 830. The van der Waals surface area contributed by atoms with Crippen LogP contribution in [0.4, 0.5) is 4.39 Å². The largest absolute Gasteiger partial charge is 0.420 e. The van der Waals surface area contributed by atoms with Gasteiger partial charge in [0, 0.05) is 5.56 Å². The van der Waals surface area contributed by atoms with Crippen molar-refractivity contribution < 1.29 is 13.6 Å². The normalized spacial score (nSPS) is 10.8. The highest BCUT2D eigenvalue weighted by molar-refractivity contribution is 5.96. The van der Waals surface area contributed by atoms with Crippen molar-refractivity contribution in [1.82, 2.24) is 4.57 Å². The Morgan fingerprint density at radius 3 is 2.55 bits per heavy atom. The van der Waals surface area contributed by atoms with Crippen LogP contribution < -0.4 is 5.76 Å². The number of oxazole rings is 1. The van der Waals surface area contributed by atoms with Crippen LogP contribution in [0.5, 0.6) is 0 Å². The van der Waals surface area contributed by atoms with Gasteiger partial charge in [-0.15, -0.1) is 0 Å². The Morgan fingerprint density at radius 2 is 1.80 bits per heavy atom. The molecule has 4 nitrogen and oxygen atoms in total. The minimum absolute atomic E-state index is 0.137. The monoisotopic (exact) mass is 271 g/mol. The average Bonchev–Trinajstić information content (AvgIpc) is 2.76. The van der Waals surface area contributed by atoms with E-state index in [0.29, 0.717) is 16.7 Å². The minimum atomic E-state index is -0.582. The third-order valence-electron chi connectivity index (χ3n) is 3.04. The summed E-state index contributed by atoms with van der Waals surface area (Å²) in [4.78, 5) is 23.8. The number of halogens is 1. The van der Waals surface area contributed by atoms with E-state index < -0.39 is 11.6 Å². The number of benzene rings is 2. The predicted octanol–water partition coefficient (Wildman–Crippen LogP) is 2.62. The quantitative estimate of drug-likeness (QED) is 0.688. The molecule has 0 spiro atoms. The van der Waals surface area contributed by atoms with Crippen LogP contribution >= 0.6 is 0 Å². The van der Waals surface area contributed by atoms with Crippen molar-refractivity contribution in [2.45, 2.75) is 6.54 Å². The molecule has 0 saturated carbocycles. The van der Waals surface area contributed by atoms with E-state index in [1.165, 1.54) is 28.8 Å². The molecule has 1 aromatic heterocycles. The van der Waals surface area contributed by atoms with Crippen LogP contribution in [-0.4, -0.2) is 10.4 Å². The summed E-state index contributed by atoms with van der Waals surface area (Å²) in [5.74, 6) is -1.27. The van der Waals surface area contributed by atoms with Crippen molar-refractivity contribution in [2.24, 2.45) is 0 Å². The zero-order chi connectivity index (χ0) is 14.1. The molecule has 0 aliphatic heterocycles. The van der Waals surface area contributed by atoms with Crippen molar-refractivity contribution in [2.75, 3.05) is 0 Å². The lowest BCUT2D eigenvalue weighted by atomic mass is 10.1. The van der Waals surface area contributed by atoms with E-state index in [0.717, 1.165) is 0 Å². The molecule has 1 heterocycles. The third-order valence-corrected chi connectivity index (χ3v) is 3.04. The maximum Gasteiger partial charge on any atom is 0.420 e. The topological polar surface area (TPSA) is 52.2 Å². The molecule has 3 aromatic rings. The molecule has 2 aromatic carbocycles. The van der Waals surface area contributed by atoms with E-state index in [4.69, 9.17) is 4.42 Å². The molecule has 3 rings (SSSR count). The fraction of sp³-hybridized carbons (Fsp3) is 0.0667. The van der Waals surface area contributed by atoms with Crippen molar-refractivity contribution >= 4 is 16.9 Å². The molecule has 5 heteroatoms. The van der Waals surface area contributed by atoms with Crippen LogP contribution in [0.2, 0.25) is 0 Å². The van der Waals surface area contributed by atoms with Crippen LogP contribution in [0, 0.1) is 5.82 Å². The van der Waals surface area contributed by atoms with Crippen LogP contribution in [0.1, 0.15) is 10.4 Å². The molecule has 0 atom stereocenters. The van der Waals surface area contributed by atoms with Gasteiger partial charge in [0.15, 0.2) is 11.4 Å². The highest BCUT2D eigenvalue weighted by Gasteiger charge is 2.13. The maximum absolute atomic E-state index is 12.8. The highest BCUT2D eigenvalue weighted by Crippen LogP contribution is 2.13. The van der Waals surface area contributed by atoms with Gasteiger partial charge >= 0.3 is 5.76 Å². The van der Waals surface area contributed by atoms with Gasteiger partial charge in [-0.3, -0.25) is 9.36 Å². The number of hydrogen-bond acceptors (Lipinski definition) is 3. The molecule has 0 N–H and O–H groups in total. The SMILES string of the molecule is O=C(Cn1c(=O)oc2ccccc21)c1ccc(F)cc1. The minimum Gasteiger partial charge on any atom is -0.408 e. The Morgan fingerprint density at radius 1 is 1.10 bits per heavy atom. The second-order valence-electron chi connectivity index (χ2n) is 4.35. The summed E-state index contributed by atoms with van der Waals surface area (Å²) in [5, 5.41) is 0. The molecule has 20 heavy (non-hydrogen) atoms. The van der Waals surface area contributed by atoms with Crippen LogP contribution in [0.25, 0.3) is 11.1 Å². The number of ketones is 1. The van der Waals surface area contributed by atoms with Crippen LogP contribution in [0.15, 0.2) is 57.7 Å². The summed E-state index contributed by atoms with van der Waals surface area (Å²) in [6.07, 6.45) is 0. The van der Waals surface area contributed by atoms with Gasteiger partial charge in [0.05, 0.1) is 12.1 Å². The summed E-state index contributed by atoms with van der Waals surface area (Å²) in [6.45, 7) is -0.137. The lowest BCUT2D eigenvalue weighted by Gasteiger charge is -2.02. The van der Waals surface area contributed by atoms with E-state index >= 15 is 0 Å². The fourth-order valence-electron chi connectivity index (χ4n) is 2.03. The molecule has 0 aliphatic rings. The summed E-state index contributed by atoms with van der Waals surface area (Å²) >= 11 is 0.